The number of thioether (sulfide) groups is 1. The summed E-state index contributed by atoms with van der Waals surface area (Å²) in [6, 6.07) is 6.03. The third-order valence-electron chi connectivity index (χ3n) is 5.70. The minimum absolute atomic E-state index is 0.0605. The Balaban J connectivity index is 2.04. The number of carbonyl (C=O) groups is 2. The monoisotopic (exact) mass is 422 g/mol. The largest absolute Gasteiger partial charge is 0.469 e. The van der Waals surface area contributed by atoms with Crippen LogP contribution >= 0.6 is 11.8 Å². The molecule has 1 fully saturated rings. The van der Waals surface area contributed by atoms with E-state index in [-0.39, 0.29) is 35.6 Å². The van der Waals surface area contributed by atoms with Crippen LogP contribution in [-0.4, -0.2) is 28.9 Å². The summed E-state index contributed by atoms with van der Waals surface area (Å²) in [5.41, 5.74) is 0.885. The number of carbonyl (C=O) groups excluding carboxylic acids is 2. The highest BCUT2D eigenvalue weighted by Crippen LogP contribution is 2.41. The first-order valence-electron chi connectivity index (χ1n) is 10.1. The van der Waals surface area contributed by atoms with Crippen molar-refractivity contribution in [3.63, 3.8) is 0 Å². The molecule has 5 nitrogen and oxygen atoms in total. The van der Waals surface area contributed by atoms with Gasteiger partial charge in [-0.2, -0.15) is 0 Å². The molecule has 0 aliphatic carbocycles. The highest BCUT2D eigenvalue weighted by atomic mass is 32.2. The summed E-state index contributed by atoms with van der Waals surface area (Å²) in [4.78, 5) is 29.3. The van der Waals surface area contributed by atoms with Crippen LogP contribution in [0.1, 0.15) is 65.0 Å². The fraction of sp³-hybridized carbons (Fsp3) is 0.591. The molecule has 1 N–H and O–H groups in total. The Morgan fingerprint density at radius 2 is 1.90 bits per heavy atom. The van der Waals surface area contributed by atoms with Crippen molar-refractivity contribution in [3.05, 3.63) is 35.6 Å². The van der Waals surface area contributed by atoms with Gasteiger partial charge in [0.15, 0.2) is 5.17 Å². The first-order valence-corrected chi connectivity index (χ1v) is 10.9. The molecular formula is C22H31FN2O3S. The van der Waals surface area contributed by atoms with E-state index >= 15 is 0 Å². The molecule has 1 amide bonds. The van der Waals surface area contributed by atoms with Gasteiger partial charge in [0.05, 0.1) is 19.1 Å². The Kier molecular flexibility index (Phi) is 8.25. The van der Waals surface area contributed by atoms with Gasteiger partial charge in [-0.3, -0.25) is 14.6 Å². The maximum atomic E-state index is 13.1. The Morgan fingerprint density at radius 3 is 2.48 bits per heavy atom. The number of halogens is 1. The molecule has 2 unspecified atom stereocenters. The van der Waals surface area contributed by atoms with Crippen LogP contribution in [0.3, 0.4) is 0 Å². The third kappa shape index (κ3) is 5.81. The van der Waals surface area contributed by atoms with Crippen molar-refractivity contribution in [2.75, 3.05) is 7.11 Å². The van der Waals surface area contributed by atoms with E-state index in [0.717, 1.165) is 24.8 Å². The van der Waals surface area contributed by atoms with Crippen molar-refractivity contribution in [2.24, 2.45) is 16.8 Å². The zero-order chi connectivity index (χ0) is 21.6. The first-order chi connectivity index (χ1) is 13.7. The lowest BCUT2D eigenvalue weighted by Crippen LogP contribution is -2.39. The highest BCUT2D eigenvalue weighted by Gasteiger charge is 2.46. The third-order valence-corrected chi connectivity index (χ3v) is 7.12. The fourth-order valence-electron chi connectivity index (χ4n) is 3.49. The van der Waals surface area contributed by atoms with Crippen LogP contribution in [0.25, 0.3) is 0 Å². The number of rotatable bonds is 9. The number of hydrogen-bond donors (Lipinski definition) is 1. The first kappa shape index (κ1) is 23.4. The van der Waals surface area contributed by atoms with E-state index in [0.29, 0.717) is 11.6 Å². The number of amidine groups is 1. The molecule has 4 atom stereocenters. The topological polar surface area (TPSA) is 67.8 Å². The Bertz CT molecular complexity index is 753. The predicted molar refractivity (Wildman–Crippen MR) is 115 cm³/mol. The summed E-state index contributed by atoms with van der Waals surface area (Å²) in [5.74, 6) is -0.595. The maximum absolute atomic E-state index is 13.1. The summed E-state index contributed by atoms with van der Waals surface area (Å²) < 4.78 is 17.4. The zero-order valence-corrected chi connectivity index (χ0v) is 18.6. The molecule has 7 heteroatoms. The predicted octanol–water partition coefficient (Wildman–Crippen LogP) is 4.87. The van der Waals surface area contributed by atoms with Crippen molar-refractivity contribution >= 4 is 28.8 Å². The van der Waals surface area contributed by atoms with E-state index in [1.54, 1.807) is 12.1 Å². The molecule has 0 saturated carbocycles. The van der Waals surface area contributed by atoms with Crippen LogP contribution in [0, 0.1) is 17.7 Å². The molecule has 1 aromatic rings. The molecule has 1 aromatic carbocycles. The van der Waals surface area contributed by atoms with Crippen LogP contribution < -0.4 is 5.32 Å². The second-order valence-electron chi connectivity index (χ2n) is 7.81. The second kappa shape index (κ2) is 10.2. The van der Waals surface area contributed by atoms with Crippen molar-refractivity contribution in [1.29, 1.82) is 0 Å². The van der Waals surface area contributed by atoms with Gasteiger partial charge in [0.25, 0.3) is 0 Å². The second-order valence-corrected chi connectivity index (χ2v) is 9.25. The number of hydrogen-bond acceptors (Lipinski definition) is 5. The number of amides is 1. The Hall–Kier alpha value is -1.89. The molecule has 1 aliphatic heterocycles. The minimum Gasteiger partial charge on any atom is -0.469 e. The van der Waals surface area contributed by atoms with E-state index < -0.39 is 4.75 Å². The number of benzene rings is 1. The number of aliphatic imine (C=N–C) groups is 1. The lowest BCUT2D eigenvalue weighted by Gasteiger charge is -2.28. The molecule has 2 rings (SSSR count). The molecule has 0 aromatic heterocycles. The van der Waals surface area contributed by atoms with E-state index in [2.05, 4.69) is 10.3 Å². The Labute approximate surface area is 176 Å². The molecular weight excluding hydrogens is 391 g/mol. The normalized spacial score (nSPS) is 23.5. The quantitative estimate of drug-likeness (QED) is 0.577. The summed E-state index contributed by atoms with van der Waals surface area (Å²) in [5, 5.41) is 3.48. The molecule has 29 heavy (non-hydrogen) atoms. The van der Waals surface area contributed by atoms with Crippen molar-refractivity contribution in [2.45, 2.75) is 64.2 Å². The SMILES string of the molecule is CCCC(CC[C@@H](C)C1(C)SC(=N[C@@H](C)c2ccc(F)cc2)NC1=O)C(=O)OC. The van der Waals surface area contributed by atoms with Crippen LogP contribution in [0.15, 0.2) is 29.3 Å². The highest BCUT2D eigenvalue weighted by molar-refractivity contribution is 8.16. The molecule has 1 heterocycles. The van der Waals surface area contributed by atoms with Gasteiger partial charge in [0, 0.05) is 0 Å². The molecule has 1 aliphatic rings. The van der Waals surface area contributed by atoms with Gasteiger partial charge < -0.3 is 10.1 Å². The zero-order valence-electron chi connectivity index (χ0n) is 17.8. The van der Waals surface area contributed by atoms with Gasteiger partial charge in [-0.25, -0.2) is 4.39 Å². The summed E-state index contributed by atoms with van der Waals surface area (Å²) >= 11 is 1.43. The van der Waals surface area contributed by atoms with Crippen LogP contribution in [0.5, 0.6) is 0 Å². The van der Waals surface area contributed by atoms with E-state index in [4.69, 9.17) is 4.74 Å². The maximum Gasteiger partial charge on any atom is 0.308 e. The molecule has 1 saturated heterocycles. The van der Waals surface area contributed by atoms with Crippen LogP contribution in [0.2, 0.25) is 0 Å². The Morgan fingerprint density at radius 1 is 1.24 bits per heavy atom. The summed E-state index contributed by atoms with van der Waals surface area (Å²) in [7, 11) is 1.42. The summed E-state index contributed by atoms with van der Waals surface area (Å²) in [6.45, 7) is 7.93. The van der Waals surface area contributed by atoms with Gasteiger partial charge in [-0.15, -0.1) is 0 Å². The number of ether oxygens (including phenoxy) is 1. The van der Waals surface area contributed by atoms with Gasteiger partial charge in [0.2, 0.25) is 5.91 Å². The van der Waals surface area contributed by atoms with Crippen LogP contribution in [-0.2, 0) is 14.3 Å². The fourth-order valence-corrected chi connectivity index (χ4v) is 4.71. The molecule has 0 bridgehead atoms. The van der Waals surface area contributed by atoms with Gasteiger partial charge in [0.1, 0.15) is 10.6 Å². The van der Waals surface area contributed by atoms with Gasteiger partial charge >= 0.3 is 5.97 Å². The van der Waals surface area contributed by atoms with Gasteiger partial charge in [-0.05, 0) is 56.7 Å². The lowest BCUT2D eigenvalue weighted by molar-refractivity contribution is -0.146. The van der Waals surface area contributed by atoms with Crippen LogP contribution in [0.4, 0.5) is 4.39 Å². The number of nitrogens with zero attached hydrogens (tertiary/aromatic N) is 1. The van der Waals surface area contributed by atoms with Crippen molar-refractivity contribution < 1.29 is 18.7 Å². The average Bonchev–Trinajstić information content (AvgIpc) is 2.99. The van der Waals surface area contributed by atoms with Gasteiger partial charge in [-0.1, -0.05) is 44.2 Å². The summed E-state index contributed by atoms with van der Waals surface area (Å²) in [6.07, 6.45) is 3.15. The molecule has 0 radical (unpaired) electrons. The van der Waals surface area contributed by atoms with E-state index in [9.17, 15) is 14.0 Å². The number of esters is 1. The van der Waals surface area contributed by atoms with E-state index in [1.165, 1.54) is 31.0 Å². The van der Waals surface area contributed by atoms with E-state index in [1.807, 2.05) is 27.7 Å². The standard InChI is InChI=1S/C22H31FN2O3S/c1-6-7-17(19(26)28-5)9-8-14(2)22(4)20(27)25-21(29-22)24-15(3)16-10-12-18(23)13-11-16/h10-15,17H,6-9H2,1-5H3,(H,24,25,27)/t14-,15+,17?,22?/m1/s1. The number of nitrogens with one attached hydrogen (secondary N) is 1. The number of methoxy groups -OCH3 is 1. The molecule has 0 spiro atoms. The smallest absolute Gasteiger partial charge is 0.308 e. The van der Waals surface area contributed by atoms with Crippen molar-refractivity contribution in [3.8, 4) is 0 Å². The molecule has 160 valence electrons. The lowest BCUT2D eigenvalue weighted by atomic mass is 9.86. The average molecular weight is 423 g/mol. The van der Waals surface area contributed by atoms with Crippen molar-refractivity contribution in [1.82, 2.24) is 5.32 Å². The minimum atomic E-state index is -0.645.